The Hall–Kier alpha value is -1.45. The summed E-state index contributed by atoms with van der Waals surface area (Å²) >= 11 is 0. The molecular weight excluding hydrogens is 332 g/mol. The zero-order valence-corrected chi connectivity index (χ0v) is 15.1. The minimum Gasteiger partial charge on any atom is -0.384 e. The fourth-order valence-electron chi connectivity index (χ4n) is 2.75. The minimum absolute atomic E-state index is 0.000423. The van der Waals surface area contributed by atoms with Crippen molar-refractivity contribution in [2.24, 2.45) is 7.05 Å². The van der Waals surface area contributed by atoms with Crippen LogP contribution in [0.4, 0.5) is 0 Å². The van der Waals surface area contributed by atoms with Gasteiger partial charge in [0.25, 0.3) is 0 Å². The highest BCUT2D eigenvalue weighted by atomic mass is 32.2. The molecule has 1 N–H and O–H groups in total. The van der Waals surface area contributed by atoms with Gasteiger partial charge in [0, 0.05) is 45.9 Å². The van der Waals surface area contributed by atoms with Crippen LogP contribution >= 0.6 is 0 Å². The topological polar surface area (TPSA) is 93.5 Å². The third-order valence-electron chi connectivity index (χ3n) is 4.16. The van der Waals surface area contributed by atoms with E-state index in [2.05, 4.69) is 10.4 Å². The van der Waals surface area contributed by atoms with Crippen molar-refractivity contribution in [3.05, 3.63) is 18.0 Å². The van der Waals surface area contributed by atoms with Crippen LogP contribution in [0, 0.1) is 0 Å². The molecule has 2 rings (SSSR count). The number of carbonyl (C=O) groups excluding carboxylic acids is 1. The molecule has 1 amide bonds. The van der Waals surface area contributed by atoms with Gasteiger partial charge in [-0.25, -0.2) is 12.7 Å². The monoisotopic (exact) mass is 358 g/mol. The Balaban J connectivity index is 1.71. The van der Waals surface area contributed by atoms with E-state index in [4.69, 9.17) is 4.74 Å². The van der Waals surface area contributed by atoms with E-state index in [9.17, 15) is 13.2 Å². The van der Waals surface area contributed by atoms with Gasteiger partial charge in [0.15, 0.2) is 0 Å². The van der Waals surface area contributed by atoms with Gasteiger partial charge in [-0.3, -0.25) is 9.48 Å². The average molecular weight is 358 g/mol. The molecule has 1 aliphatic heterocycles. The number of nitrogens with zero attached hydrogens (tertiary/aromatic N) is 3. The van der Waals surface area contributed by atoms with E-state index in [1.54, 1.807) is 10.9 Å². The lowest BCUT2D eigenvalue weighted by Crippen LogP contribution is -2.47. The number of nitrogens with one attached hydrogen (secondary N) is 1. The summed E-state index contributed by atoms with van der Waals surface area (Å²) in [6.07, 6.45) is 6.02. The first kappa shape index (κ1) is 18.9. The summed E-state index contributed by atoms with van der Waals surface area (Å²) in [5, 5.41) is 7.08. The second kappa shape index (κ2) is 8.59. The van der Waals surface area contributed by atoms with Crippen LogP contribution in [0.3, 0.4) is 0 Å². The molecule has 1 saturated heterocycles. The molecule has 0 aliphatic carbocycles. The quantitative estimate of drug-likeness (QED) is 0.701. The number of piperidine rings is 1. The summed E-state index contributed by atoms with van der Waals surface area (Å²) in [6.45, 7) is 1.09. The van der Waals surface area contributed by atoms with E-state index in [0.29, 0.717) is 38.8 Å². The third kappa shape index (κ3) is 5.57. The zero-order chi connectivity index (χ0) is 17.6. The van der Waals surface area contributed by atoms with Crippen LogP contribution in [-0.2, 0) is 33.0 Å². The Morgan fingerprint density at radius 1 is 1.42 bits per heavy atom. The lowest BCUT2D eigenvalue weighted by Gasteiger charge is -2.31. The van der Waals surface area contributed by atoms with Crippen molar-refractivity contribution in [3.8, 4) is 0 Å². The highest BCUT2D eigenvalue weighted by Gasteiger charge is 2.28. The molecule has 0 saturated carbocycles. The Labute approximate surface area is 143 Å². The molecule has 1 aliphatic rings. The number of aromatic nitrogens is 2. The molecule has 0 atom stereocenters. The van der Waals surface area contributed by atoms with Gasteiger partial charge in [-0.05, 0) is 24.8 Å². The lowest BCUT2D eigenvalue weighted by atomic mass is 10.1. The first-order chi connectivity index (χ1) is 11.4. The van der Waals surface area contributed by atoms with Crippen molar-refractivity contribution in [3.63, 3.8) is 0 Å². The van der Waals surface area contributed by atoms with Crippen molar-refractivity contribution >= 4 is 15.9 Å². The summed E-state index contributed by atoms with van der Waals surface area (Å²) in [4.78, 5) is 12.0. The zero-order valence-electron chi connectivity index (χ0n) is 14.3. The molecule has 8 nitrogen and oxygen atoms in total. The number of hydrogen-bond donors (Lipinski definition) is 1. The van der Waals surface area contributed by atoms with E-state index >= 15 is 0 Å². The molecule has 1 aromatic heterocycles. The summed E-state index contributed by atoms with van der Waals surface area (Å²) in [7, 11) is 0.0792. The maximum atomic E-state index is 12.1. The number of amides is 1. The summed E-state index contributed by atoms with van der Waals surface area (Å²) in [5.41, 5.74) is 1.03. The Morgan fingerprint density at radius 2 is 2.12 bits per heavy atom. The van der Waals surface area contributed by atoms with Crippen molar-refractivity contribution in [2.45, 2.75) is 31.7 Å². The van der Waals surface area contributed by atoms with Gasteiger partial charge in [0.2, 0.25) is 15.9 Å². The highest BCUT2D eigenvalue weighted by Crippen LogP contribution is 2.15. The molecule has 0 radical (unpaired) electrons. The number of aryl methyl sites for hydroxylation is 2. The minimum atomic E-state index is -3.25. The lowest BCUT2D eigenvalue weighted by molar-refractivity contribution is -0.122. The van der Waals surface area contributed by atoms with Gasteiger partial charge in [0.1, 0.15) is 0 Å². The van der Waals surface area contributed by atoms with Crippen molar-refractivity contribution in [2.75, 3.05) is 32.6 Å². The SMILES string of the molecule is COCCS(=O)(=O)N1CCC(NC(=O)CCc2cnn(C)c2)CC1. The molecule has 0 bridgehead atoms. The maximum Gasteiger partial charge on any atom is 0.220 e. The fraction of sp³-hybridized carbons (Fsp3) is 0.733. The van der Waals surface area contributed by atoms with E-state index in [-0.39, 0.29) is 24.3 Å². The number of rotatable bonds is 8. The second-order valence-electron chi connectivity index (χ2n) is 6.07. The predicted octanol–water partition coefficient (Wildman–Crippen LogP) is -0.0905. The molecule has 0 unspecified atom stereocenters. The van der Waals surface area contributed by atoms with E-state index in [1.807, 2.05) is 13.2 Å². The molecule has 0 spiro atoms. The fourth-order valence-corrected chi connectivity index (χ4v) is 4.16. The van der Waals surface area contributed by atoms with Gasteiger partial charge in [0.05, 0.1) is 18.6 Å². The van der Waals surface area contributed by atoms with Gasteiger partial charge in [-0.2, -0.15) is 5.10 Å². The van der Waals surface area contributed by atoms with Crippen LogP contribution in [-0.4, -0.2) is 67.0 Å². The van der Waals surface area contributed by atoms with E-state index < -0.39 is 10.0 Å². The average Bonchev–Trinajstić information content (AvgIpc) is 2.97. The standard InChI is InChI=1S/C15H26N4O4S/c1-18-12-13(11-16-18)3-4-15(20)17-14-5-7-19(8-6-14)24(21,22)10-9-23-2/h11-12,14H,3-10H2,1-2H3,(H,17,20). The molecule has 1 fully saturated rings. The number of carbonyl (C=O) groups is 1. The Kier molecular flexibility index (Phi) is 6.76. The first-order valence-corrected chi connectivity index (χ1v) is 9.75. The normalized spacial score (nSPS) is 17.1. The first-order valence-electron chi connectivity index (χ1n) is 8.14. The molecule has 24 heavy (non-hydrogen) atoms. The van der Waals surface area contributed by atoms with Gasteiger partial charge >= 0.3 is 0 Å². The number of sulfonamides is 1. The van der Waals surface area contributed by atoms with E-state index in [0.717, 1.165) is 5.56 Å². The van der Waals surface area contributed by atoms with Gasteiger partial charge in [-0.15, -0.1) is 0 Å². The van der Waals surface area contributed by atoms with Crippen LogP contribution in [0.25, 0.3) is 0 Å². The summed E-state index contributed by atoms with van der Waals surface area (Å²) in [5.74, 6) is 0.00517. The van der Waals surface area contributed by atoms with Crippen LogP contribution in [0.5, 0.6) is 0 Å². The number of ether oxygens (including phenoxy) is 1. The Morgan fingerprint density at radius 3 is 2.71 bits per heavy atom. The van der Waals surface area contributed by atoms with Crippen molar-refractivity contribution in [1.29, 1.82) is 0 Å². The molecular formula is C15H26N4O4S. The van der Waals surface area contributed by atoms with Crippen LogP contribution < -0.4 is 5.32 Å². The van der Waals surface area contributed by atoms with Gasteiger partial charge < -0.3 is 10.1 Å². The van der Waals surface area contributed by atoms with Crippen LogP contribution in [0.1, 0.15) is 24.8 Å². The van der Waals surface area contributed by atoms with Crippen LogP contribution in [0.15, 0.2) is 12.4 Å². The predicted molar refractivity (Wildman–Crippen MR) is 89.9 cm³/mol. The summed E-state index contributed by atoms with van der Waals surface area (Å²) in [6, 6.07) is 0.0419. The third-order valence-corrected chi connectivity index (χ3v) is 5.99. The molecule has 1 aromatic rings. The maximum absolute atomic E-state index is 12.1. The summed E-state index contributed by atoms with van der Waals surface area (Å²) < 4.78 is 32.2. The second-order valence-corrected chi connectivity index (χ2v) is 8.16. The van der Waals surface area contributed by atoms with E-state index in [1.165, 1.54) is 11.4 Å². The molecule has 136 valence electrons. The van der Waals surface area contributed by atoms with Gasteiger partial charge in [-0.1, -0.05) is 0 Å². The molecule has 2 heterocycles. The number of methoxy groups -OCH3 is 1. The van der Waals surface area contributed by atoms with Crippen LogP contribution in [0.2, 0.25) is 0 Å². The largest absolute Gasteiger partial charge is 0.384 e. The number of hydrogen-bond acceptors (Lipinski definition) is 5. The van der Waals surface area contributed by atoms with Crippen molar-refractivity contribution in [1.82, 2.24) is 19.4 Å². The Bertz CT molecular complexity index is 636. The highest BCUT2D eigenvalue weighted by molar-refractivity contribution is 7.89. The molecule has 0 aromatic carbocycles. The molecule has 9 heteroatoms. The smallest absolute Gasteiger partial charge is 0.220 e. The van der Waals surface area contributed by atoms with Crippen molar-refractivity contribution < 1.29 is 17.9 Å².